The van der Waals surface area contributed by atoms with Crippen molar-refractivity contribution in [2.75, 3.05) is 13.1 Å². The molecule has 5 nitrogen and oxygen atoms in total. The van der Waals surface area contributed by atoms with Crippen LogP contribution in [0.1, 0.15) is 24.0 Å². The highest BCUT2D eigenvalue weighted by Crippen LogP contribution is 2.32. The van der Waals surface area contributed by atoms with Crippen molar-refractivity contribution in [3.05, 3.63) is 63.6 Å². The molecular weight excluding hydrogens is 419 g/mol. The number of sulfonamides is 1. The van der Waals surface area contributed by atoms with Crippen LogP contribution >= 0.6 is 23.2 Å². The molecule has 2 aromatic carbocycles. The van der Waals surface area contributed by atoms with Crippen LogP contribution in [0.3, 0.4) is 0 Å². The summed E-state index contributed by atoms with van der Waals surface area (Å²) < 4.78 is 28.2. The van der Waals surface area contributed by atoms with E-state index in [1.54, 1.807) is 4.90 Å². The van der Waals surface area contributed by atoms with Gasteiger partial charge < -0.3 is 4.90 Å². The number of carbonyl (C=O) groups excluding carboxylic acids is 1. The van der Waals surface area contributed by atoms with Crippen molar-refractivity contribution in [2.45, 2.75) is 36.7 Å². The van der Waals surface area contributed by atoms with E-state index in [1.807, 2.05) is 24.3 Å². The highest BCUT2D eigenvalue weighted by molar-refractivity contribution is 7.89. The molecule has 8 heteroatoms. The average Bonchev–Trinajstić information content (AvgIpc) is 3.20. The summed E-state index contributed by atoms with van der Waals surface area (Å²) in [5.41, 5.74) is 1.92. The molecule has 2 aromatic rings. The Balaban J connectivity index is 1.77. The first-order valence-corrected chi connectivity index (χ1v) is 11.4. The van der Waals surface area contributed by atoms with Gasteiger partial charge in [0, 0.05) is 29.7 Å². The molecule has 0 saturated carbocycles. The molecule has 1 amide bonds. The van der Waals surface area contributed by atoms with Gasteiger partial charge in [-0.25, -0.2) is 8.42 Å². The first kappa shape index (κ1) is 19.7. The van der Waals surface area contributed by atoms with Gasteiger partial charge in [-0.3, -0.25) is 4.79 Å². The molecule has 0 radical (unpaired) electrons. The van der Waals surface area contributed by atoms with Crippen LogP contribution in [0.25, 0.3) is 0 Å². The molecule has 2 aliphatic rings. The Labute approximate surface area is 174 Å². The van der Waals surface area contributed by atoms with Crippen molar-refractivity contribution in [3.63, 3.8) is 0 Å². The van der Waals surface area contributed by atoms with E-state index < -0.39 is 16.1 Å². The van der Waals surface area contributed by atoms with Crippen molar-refractivity contribution in [1.82, 2.24) is 9.21 Å². The molecule has 0 N–H and O–H groups in total. The van der Waals surface area contributed by atoms with Crippen molar-refractivity contribution >= 4 is 39.1 Å². The van der Waals surface area contributed by atoms with Crippen molar-refractivity contribution in [3.8, 4) is 0 Å². The molecule has 0 spiro atoms. The van der Waals surface area contributed by atoms with Crippen LogP contribution in [-0.4, -0.2) is 42.7 Å². The highest BCUT2D eigenvalue weighted by Gasteiger charge is 2.41. The number of nitrogens with zero attached hydrogens (tertiary/aromatic N) is 2. The predicted molar refractivity (Wildman–Crippen MR) is 109 cm³/mol. The summed E-state index contributed by atoms with van der Waals surface area (Å²) in [6, 6.07) is 11.1. The fourth-order valence-corrected chi connectivity index (χ4v) is 6.21. The van der Waals surface area contributed by atoms with Gasteiger partial charge in [0.15, 0.2) is 0 Å². The van der Waals surface area contributed by atoms with Gasteiger partial charge in [0.1, 0.15) is 6.04 Å². The molecule has 1 saturated heterocycles. The third-order valence-corrected chi connectivity index (χ3v) is 7.62. The van der Waals surface area contributed by atoms with Crippen molar-refractivity contribution in [1.29, 1.82) is 0 Å². The third-order valence-electron chi connectivity index (χ3n) is 5.35. The summed E-state index contributed by atoms with van der Waals surface area (Å²) in [6.07, 6.45) is 2.26. The minimum atomic E-state index is -3.96. The standard InChI is InChI=1S/C20H20Cl2N2O3S/c21-16-10-17(22)12-18(11-16)28(26,27)24-13-15-6-2-1-5-14(15)9-19(24)20(25)23-7-3-4-8-23/h1-2,5-6,10-12,19H,3-4,7-9,13H2. The summed E-state index contributed by atoms with van der Waals surface area (Å²) in [4.78, 5) is 15.0. The molecule has 1 atom stereocenters. The summed E-state index contributed by atoms with van der Waals surface area (Å²) in [5.74, 6) is -0.135. The van der Waals surface area contributed by atoms with E-state index in [9.17, 15) is 13.2 Å². The minimum Gasteiger partial charge on any atom is -0.341 e. The summed E-state index contributed by atoms with van der Waals surface area (Å²) in [5, 5.41) is 0.483. The molecule has 0 aromatic heterocycles. The van der Waals surface area contributed by atoms with Crippen molar-refractivity contribution in [2.24, 2.45) is 0 Å². The van der Waals surface area contributed by atoms with E-state index >= 15 is 0 Å². The number of rotatable bonds is 3. The number of amides is 1. The van der Waals surface area contributed by atoms with E-state index in [2.05, 4.69) is 0 Å². The number of carbonyl (C=O) groups is 1. The number of fused-ring (bicyclic) bond motifs is 1. The van der Waals surface area contributed by atoms with Gasteiger partial charge in [-0.1, -0.05) is 47.5 Å². The average molecular weight is 439 g/mol. The van der Waals surface area contributed by atoms with E-state index in [4.69, 9.17) is 23.2 Å². The molecular formula is C20H20Cl2N2O3S. The molecule has 1 fully saturated rings. The Morgan fingerprint density at radius 1 is 0.964 bits per heavy atom. The van der Waals surface area contributed by atoms with Gasteiger partial charge in [0.25, 0.3) is 0 Å². The lowest BCUT2D eigenvalue weighted by molar-refractivity contribution is -0.134. The Morgan fingerprint density at radius 3 is 2.21 bits per heavy atom. The SMILES string of the molecule is O=C(C1Cc2ccccc2CN1S(=O)(=O)c1cc(Cl)cc(Cl)c1)N1CCCC1. The van der Waals surface area contributed by atoms with E-state index in [1.165, 1.54) is 22.5 Å². The predicted octanol–water partition coefficient (Wildman–Crippen LogP) is 3.73. The lowest BCUT2D eigenvalue weighted by atomic mass is 9.95. The first-order chi connectivity index (χ1) is 13.4. The molecule has 0 aliphatic carbocycles. The molecule has 148 valence electrons. The maximum atomic E-state index is 13.5. The highest BCUT2D eigenvalue weighted by atomic mass is 35.5. The maximum absolute atomic E-state index is 13.5. The van der Waals surface area contributed by atoms with E-state index in [0.29, 0.717) is 19.5 Å². The quantitative estimate of drug-likeness (QED) is 0.733. The van der Waals surface area contributed by atoms with Gasteiger partial charge in [-0.15, -0.1) is 0 Å². The molecule has 28 heavy (non-hydrogen) atoms. The Kier molecular flexibility index (Phi) is 5.40. The van der Waals surface area contributed by atoms with Gasteiger partial charge >= 0.3 is 0 Å². The van der Waals surface area contributed by atoms with Crippen LogP contribution < -0.4 is 0 Å². The topological polar surface area (TPSA) is 57.7 Å². The van der Waals surface area contributed by atoms with Crippen LogP contribution in [0.4, 0.5) is 0 Å². The van der Waals surface area contributed by atoms with Gasteiger partial charge in [0.05, 0.1) is 4.90 Å². The third kappa shape index (κ3) is 3.66. The molecule has 2 aliphatic heterocycles. The Hall–Kier alpha value is -1.60. The van der Waals surface area contributed by atoms with Crippen LogP contribution in [-0.2, 0) is 27.8 Å². The number of benzene rings is 2. The Bertz CT molecular complexity index is 1000. The minimum absolute atomic E-state index is 0.00334. The first-order valence-electron chi connectivity index (χ1n) is 9.20. The van der Waals surface area contributed by atoms with E-state index in [-0.39, 0.29) is 27.4 Å². The zero-order chi connectivity index (χ0) is 19.9. The summed E-state index contributed by atoms with van der Waals surface area (Å²) in [6.45, 7) is 1.49. The normalized spacial score (nSPS) is 20.2. The number of likely N-dealkylation sites (tertiary alicyclic amines) is 1. The summed E-state index contributed by atoms with van der Waals surface area (Å²) in [7, 11) is -3.96. The number of halogens is 2. The zero-order valence-electron chi connectivity index (χ0n) is 15.1. The largest absolute Gasteiger partial charge is 0.341 e. The van der Waals surface area contributed by atoms with Gasteiger partial charge in [-0.2, -0.15) is 4.31 Å². The lowest BCUT2D eigenvalue weighted by Gasteiger charge is -2.37. The number of hydrogen-bond donors (Lipinski definition) is 0. The monoisotopic (exact) mass is 438 g/mol. The maximum Gasteiger partial charge on any atom is 0.244 e. The second-order valence-corrected chi connectivity index (χ2v) is 9.94. The van der Waals surface area contributed by atoms with Crippen molar-refractivity contribution < 1.29 is 13.2 Å². The second-order valence-electron chi connectivity index (χ2n) is 7.18. The number of hydrogen-bond acceptors (Lipinski definition) is 3. The fraction of sp³-hybridized carbons (Fsp3) is 0.350. The molecule has 1 unspecified atom stereocenters. The van der Waals surface area contributed by atoms with E-state index in [0.717, 1.165) is 24.0 Å². The summed E-state index contributed by atoms with van der Waals surface area (Å²) >= 11 is 12.1. The zero-order valence-corrected chi connectivity index (χ0v) is 17.5. The Morgan fingerprint density at radius 2 is 1.57 bits per heavy atom. The fourth-order valence-electron chi connectivity index (χ4n) is 3.92. The van der Waals surface area contributed by atoms with Crippen LogP contribution in [0, 0.1) is 0 Å². The van der Waals surface area contributed by atoms with Gasteiger partial charge in [-0.05, 0) is 48.6 Å². The second kappa shape index (κ2) is 7.67. The molecule has 0 bridgehead atoms. The lowest BCUT2D eigenvalue weighted by Crippen LogP contribution is -2.53. The molecule has 4 rings (SSSR count). The van der Waals surface area contributed by atoms with Gasteiger partial charge in [0.2, 0.25) is 15.9 Å². The molecule has 2 heterocycles. The van der Waals surface area contributed by atoms with Crippen LogP contribution in [0.2, 0.25) is 10.0 Å². The van der Waals surface area contributed by atoms with Crippen LogP contribution in [0.15, 0.2) is 47.4 Å². The van der Waals surface area contributed by atoms with Crippen LogP contribution in [0.5, 0.6) is 0 Å². The smallest absolute Gasteiger partial charge is 0.244 e.